The highest BCUT2D eigenvalue weighted by Crippen LogP contribution is 2.28. The van der Waals surface area contributed by atoms with E-state index >= 15 is 0 Å². The van der Waals surface area contributed by atoms with Crippen molar-refractivity contribution >= 4 is 5.69 Å². The summed E-state index contributed by atoms with van der Waals surface area (Å²) in [7, 11) is 0. The van der Waals surface area contributed by atoms with Gasteiger partial charge in [0.1, 0.15) is 12.4 Å². The van der Waals surface area contributed by atoms with E-state index in [1.165, 1.54) is 18.7 Å². The molecule has 18 heavy (non-hydrogen) atoms. The fraction of sp³-hybridized carbons (Fsp3) is 0.571. The molecular formula is C14H21N3O. The van der Waals surface area contributed by atoms with Crippen LogP contribution in [-0.4, -0.2) is 50.8 Å². The standard InChI is InChI=1S/C14H21N3O/c1-2-14-13(16-6-10-18-14)11-12(1)3-7-17-8-4-15-5-9-17/h1-2,11,15-16H,3-10H2. The summed E-state index contributed by atoms with van der Waals surface area (Å²) in [6, 6.07) is 6.51. The minimum Gasteiger partial charge on any atom is -0.490 e. The second-order valence-electron chi connectivity index (χ2n) is 4.95. The molecule has 0 aliphatic carbocycles. The molecule has 0 aromatic heterocycles. The van der Waals surface area contributed by atoms with Crippen LogP contribution in [0.2, 0.25) is 0 Å². The summed E-state index contributed by atoms with van der Waals surface area (Å²) >= 11 is 0. The summed E-state index contributed by atoms with van der Waals surface area (Å²) in [4.78, 5) is 2.53. The zero-order valence-corrected chi connectivity index (χ0v) is 10.7. The highest BCUT2D eigenvalue weighted by molar-refractivity contribution is 5.59. The molecule has 1 saturated heterocycles. The maximum absolute atomic E-state index is 5.59. The fourth-order valence-electron chi connectivity index (χ4n) is 2.57. The lowest BCUT2D eigenvalue weighted by Gasteiger charge is -2.27. The predicted molar refractivity (Wildman–Crippen MR) is 73.4 cm³/mol. The molecule has 0 amide bonds. The van der Waals surface area contributed by atoms with Crippen molar-refractivity contribution in [3.05, 3.63) is 23.8 Å². The van der Waals surface area contributed by atoms with E-state index in [9.17, 15) is 0 Å². The van der Waals surface area contributed by atoms with Crippen molar-refractivity contribution < 1.29 is 4.74 Å². The van der Waals surface area contributed by atoms with Gasteiger partial charge >= 0.3 is 0 Å². The lowest BCUT2D eigenvalue weighted by atomic mass is 10.1. The normalized spacial score (nSPS) is 19.8. The average molecular weight is 247 g/mol. The molecule has 0 bridgehead atoms. The summed E-state index contributed by atoms with van der Waals surface area (Å²) in [5.41, 5.74) is 2.55. The van der Waals surface area contributed by atoms with Crippen LogP contribution >= 0.6 is 0 Å². The summed E-state index contributed by atoms with van der Waals surface area (Å²) < 4.78 is 5.59. The molecule has 0 radical (unpaired) electrons. The second-order valence-corrected chi connectivity index (χ2v) is 4.95. The summed E-state index contributed by atoms with van der Waals surface area (Å²) in [6.07, 6.45) is 1.12. The zero-order valence-electron chi connectivity index (χ0n) is 10.7. The molecule has 1 fully saturated rings. The van der Waals surface area contributed by atoms with E-state index in [4.69, 9.17) is 4.74 Å². The fourth-order valence-corrected chi connectivity index (χ4v) is 2.57. The molecule has 2 aliphatic rings. The van der Waals surface area contributed by atoms with Crippen LogP contribution in [0.5, 0.6) is 5.75 Å². The first kappa shape index (κ1) is 11.8. The van der Waals surface area contributed by atoms with E-state index in [1.807, 2.05) is 0 Å². The maximum atomic E-state index is 5.59. The first-order valence-electron chi connectivity index (χ1n) is 6.84. The van der Waals surface area contributed by atoms with Crippen LogP contribution in [0.4, 0.5) is 5.69 Å². The van der Waals surface area contributed by atoms with Gasteiger partial charge in [-0.05, 0) is 24.1 Å². The van der Waals surface area contributed by atoms with E-state index in [0.717, 1.165) is 50.6 Å². The number of benzene rings is 1. The average Bonchev–Trinajstić information content (AvgIpc) is 2.46. The van der Waals surface area contributed by atoms with Crippen molar-refractivity contribution in [1.82, 2.24) is 10.2 Å². The first-order chi connectivity index (χ1) is 8.92. The molecule has 2 N–H and O–H groups in total. The largest absolute Gasteiger partial charge is 0.490 e. The Morgan fingerprint density at radius 2 is 2.06 bits per heavy atom. The topological polar surface area (TPSA) is 36.5 Å². The van der Waals surface area contributed by atoms with Crippen molar-refractivity contribution in [3.63, 3.8) is 0 Å². The molecule has 4 heteroatoms. The van der Waals surface area contributed by atoms with E-state index in [0.29, 0.717) is 0 Å². The number of fused-ring (bicyclic) bond motifs is 1. The second kappa shape index (κ2) is 5.59. The lowest BCUT2D eigenvalue weighted by molar-refractivity contribution is 0.244. The van der Waals surface area contributed by atoms with E-state index in [2.05, 4.69) is 33.7 Å². The maximum Gasteiger partial charge on any atom is 0.142 e. The van der Waals surface area contributed by atoms with Gasteiger partial charge in [-0.2, -0.15) is 0 Å². The Labute approximate surface area is 108 Å². The monoisotopic (exact) mass is 247 g/mol. The van der Waals surface area contributed by atoms with Crippen molar-refractivity contribution in [2.24, 2.45) is 0 Å². The van der Waals surface area contributed by atoms with Crippen LogP contribution in [0, 0.1) is 0 Å². The molecule has 0 atom stereocenters. The van der Waals surface area contributed by atoms with Gasteiger partial charge in [-0.15, -0.1) is 0 Å². The Morgan fingerprint density at radius 1 is 1.17 bits per heavy atom. The zero-order chi connectivity index (χ0) is 12.2. The van der Waals surface area contributed by atoms with E-state index < -0.39 is 0 Å². The smallest absolute Gasteiger partial charge is 0.142 e. The number of piperazine rings is 1. The van der Waals surface area contributed by atoms with E-state index in [-0.39, 0.29) is 0 Å². The van der Waals surface area contributed by atoms with Gasteiger partial charge in [-0.25, -0.2) is 0 Å². The number of anilines is 1. The molecule has 0 spiro atoms. The quantitative estimate of drug-likeness (QED) is 0.833. The Hall–Kier alpha value is -1.26. The summed E-state index contributed by atoms with van der Waals surface area (Å²) in [6.45, 7) is 7.43. The van der Waals surface area contributed by atoms with Crippen LogP contribution in [0.15, 0.2) is 18.2 Å². The van der Waals surface area contributed by atoms with Crippen molar-refractivity contribution in [3.8, 4) is 5.75 Å². The summed E-state index contributed by atoms with van der Waals surface area (Å²) in [5.74, 6) is 0.993. The minimum atomic E-state index is 0.771. The molecule has 0 saturated carbocycles. The number of nitrogens with one attached hydrogen (secondary N) is 2. The minimum absolute atomic E-state index is 0.771. The molecule has 0 unspecified atom stereocenters. The van der Waals surface area contributed by atoms with Crippen molar-refractivity contribution in [1.29, 1.82) is 0 Å². The van der Waals surface area contributed by atoms with Crippen LogP contribution < -0.4 is 15.4 Å². The van der Waals surface area contributed by atoms with Gasteiger partial charge in [0, 0.05) is 39.3 Å². The third-order valence-corrected chi connectivity index (χ3v) is 3.65. The third-order valence-electron chi connectivity index (χ3n) is 3.65. The number of rotatable bonds is 3. The van der Waals surface area contributed by atoms with Gasteiger partial charge in [0.05, 0.1) is 5.69 Å². The van der Waals surface area contributed by atoms with Crippen molar-refractivity contribution in [2.75, 3.05) is 51.2 Å². The molecule has 3 rings (SSSR count). The van der Waals surface area contributed by atoms with Crippen LogP contribution in [0.3, 0.4) is 0 Å². The first-order valence-corrected chi connectivity index (χ1v) is 6.84. The Morgan fingerprint density at radius 3 is 2.94 bits per heavy atom. The number of hydrogen-bond acceptors (Lipinski definition) is 4. The van der Waals surface area contributed by atoms with Crippen molar-refractivity contribution in [2.45, 2.75) is 6.42 Å². The highest BCUT2D eigenvalue weighted by Gasteiger charge is 2.12. The van der Waals surface area contributed by atoms with Gasteiger partial charge in [-0.1, -0.05) is 6.07 Å². The summed E-state index contributed by atoms with van der Waals surface area (Å²) in [5, 5.41) is 6.78. The van der Waals surface area contributed by atoms with Gasteiger partial charge in [0.15, 0.2) is 0 Å². The van der Waals surface area contributed by atoms with Crippen LogP contribution in [-0.2, 0) is 6.42 Å². The van der Waals surface area contributed by atoms with Gasteiger partial charge in [0.25, 0.3) is 0 Å². The highest BCUT2D eigenvalue weighted by atomic mass is 16.5. The molecule has 98 valence electrons. The third kappa shape index (κ3) is 2.76. The number of nitrogens with zero attached hydrogens (tertiary/aromatic N) is 1. The Kier molecular flexibility index (Phi) is 3.67. The molecular weight excluding hydrogens is 226 g/mol. The molecule has 4 nitrogen and oxygen atoms in total. The number of ether oxygens (including phenoxy) is 1. The Bertz CT molecular complexity index is 402. The van der Waals surface area contributed by atoms with E-state index in [1.54, 1.807) is 0 Å². The predicted octanol–water partition coefficient (Wildman–Crippen LogP) is 0.939. The lowest BCUT2D eigenvalue weighted by Crippen LogP contribution is -2.44. The van der Waals surface area contributed by atoms with Gasteiger partial charge < -0.3 is 20.3 Å². The molecule has 1 aromatic rings. The molecule has 1 aromatic carbocycles. The molecule has 2 heterocycles. The number of hydrogen-bond donors (Lipinski definition) is 2. The molecule has 2 aliphatic heterocycles. The SMILES string of the molecule is c1cc2c(cc1CCN1CCNCC1)NCCO2. The van der Waals surface area contributed by atoms with Gasteiger partial charge in [0.2, 0.25) is 0 Å². The van der Waals surface area contributed by atoms with Crippen LogP contribution in [0.1, 0.15) is 5.56 Å². The van der Waals surface area contributed by atoms with Gasteiger partial charge in [-0.3, -0.25) is 0 Å². The Balaban J connectivity index is 1.58. The van der Waals surface area contributed by atoms with Crippen LogP contribution in [0.25, 0.3) is 0 Å².